The lowest BCUT2D eigenvalue weighted by Gasteiger charge is -2.15. The SMILES string of the molecule is CCn1nc(C)cc1C(O)C(C)C. The molecule has 1 heterocycles. The molecule has 74 valence electrons. The quantitative estimate of drug-likeness (QED) is 0.775. The third-order valence-electron chi connectivity index (χ3n) is 2.17. The second kappa shape index (κ2) is 3.92. The zero-order valence-corrected chi connectivity index (χ0v) is 8.78. The van der Waals surface area contributed by atoms with Crippen LogP contribution in [0.25, 0.3) is 0 Å². The van der Waals surface area contributed by atoms with Gasteiger partial charge in [-0.15, -0.1) is 0 Å². The van der Waals surface area contributed by atoms with Crippen LogP contribution in [-0.2, 0) is 6.54 Å². The Hall–Kier alpha value is -0.830. The first-order valence-corrected chi connectivity index (χ1v) is 4.78. The van der Waals surface area contributed by atoms with E-state index in [1.54, 1.807) is 0 Å². The summed E-state index contributed by atoms with van der Waals surface area (Å²) >= 11 is 0. The predicted octanol–water partition coefficient (Wildman–Crippen LogP) is 1.90. The third-order valence-corrected chi connectivity index (χ3v) is 2.17. The minimum absolute atomic E-state index is 0.237. The first-order valence-electron chi connectivity index (χ1n) is 4.78. The molecule has 0 radical (unpaired) electrons. The van der Waals surface area contributed by atoms with Crippen molar-refractivity contribution in [2.75, 3.05) is 0 Å². The van der Waals surface area contributed by atoms with Crippen LogP contribution in [0.2, 0.25) is 0 Å². The lowest BCUT2D eigenvalue weighted by Crippen LogP contribution is -2.12. The van der Waals surface area contributed by atoms with Crippen molar-refractivity contribution in [1.29, 1.82) is 0 Å². The van der Waals surface area contributed by atoms with Crippen LogP contribution in [0.4, 0.5) is 0 Å². The minimum atomic E-state index is -0.402. The number of nitrogens with zero attached hydrogens (tertiary/aromatic N) is 2. The Kier molecular flexibility index (Phi) is 3.09. The van der Waals surface area contributed by atoms with Crippen LogP contribution in [0.1, 0.15) is 38.3 Å². The summed E-state index contributed by atoms with van der Waals surface area (Å²) in [4.78, 5) is 0. The van der Waals surface area contributed by atoms with Crippen molar-refractivity contribution in [2.45, 2.75) is 40.3 Å². The summed E-state index contributed by atoms with van der Waals surface area (Å²) in [5.74, 6) is 0.237. The molecule has 1 unspecified atom stereocenters. The van der Waals surface area contributed by atoms with E-state index >= 15 is 0 Å². The fraction of sp³-hybridized carbons (Fsp3) is 0.700. The Morgan fingerprint density at radius 2 is 2.15 bits per heavy atom. The Balaban J connectivity index is 2.98. The maximum Gasteiger partial charge on any atom is 0.0979 e. The molecule has 0 amide bonds. The van der Waals surface area contributed by atoms with Crippen molar-refractivity contribution in [3.05, 3.63) is 17.5 Å². The Bertz CT molecular complexity index is 278. The van der Waals surface area contributed by atoms with Crippen molar-refractivity contribution in [3.63, 3.8) is 0 Å². The molecule has 0 saturated heterocycles. The molecule has 0 aliphatic rings. The van der Waals surface area contributed by atoms with Gasteiger partial charge in [0.2, 0.25) is 0 Å². The average molecular weight is 182 g/mol. The van der Waals surface area contributed by atoms with Gasteiger partial charge in [-0.1, -0.05) is 13.8 Å². The van der Waals surface area contributed by atoms with Crippen LogP contribution >= 0.6 is 0 Å². The van der Waals surface area contributed by atoms with Gasteiger partial charge in [0, 0.05) is 6.54 Å². The molecule has 3 nitrogen and oxygen atoms in total. The summed E-state index contributed by atoms with van der Waals surface area (Å²) in [6.07, 6.45) is -0.402. The van der Waals surface area contributed by atoms with Gasteiger partial charge < -0.3 is 5.11 Å². The van der Waals surface area contributed by atoms with E-state index in [4.69, 9.17) is 0 Å². The molecule has 13 heavy (non-hydrogen) atoms. The summed E-state index contributed by atoms with van der Waals surface area (Å²) in [7, 11) is 0. The summed E-state index contributed by atoms with van der Waals surface area (Å²) in [6.45, 7) is 8.80. The molecule has 0 aliphatic heterocycles. The van der Waals surface area contributed by atoms with Gasteiger partial charge in [0.1, 0.15) is 0 Å². The molecule has 0 fully saturated rings. The number of hydrogen-bond acceptors (Lipinski definition) is 2. The molecule has 0 saturated carbocycles. The van der Waals surface area contributed by atoms with Gasteiger partial charge in [-0.2, -0.15) is 5.10 Å². The lowest BCUT2D eigenvalue weighted by atomic mass is 10.0. The predicted molar refractivity (Wildman–Crippen MR) is 52.4 cm³/mol. The fourth-order valence-corrected chi connectivity index (χ4v) is 1.40. The molecule has 1 aromatic rings. The van der Waals surface area contributed by atoms with Crippen LogP contribution in [0.15, 0.2) is 6.07 Å². The molecule has 1 aromatic heterocycles. The molecule has 0 aromatic carbocycles. The van der Waals surface area contributed by atoms with Gasteiger partial charge in [0.15, 0.2) is 0 Å². The number of aliphatic hydroxyl groups excluding tert-OH is 1. The lowest BCUT2D eigenvalue weighted by molar-refractivity contribution is 0.117. The normalized spacial score (nSPS) is 13.7. The highest BCUT2D eigenvalue weighted by Crippen LogP contribution is 2.21. The summed E-state index contributed by atoms with van der Waals surface area (Å²) in [6, 6.07) is 1.95. The van der Waals surface area contributed by atoms with Crippen LogP contribution in [0, 0.1) is 12.8 Å². The fourth-order valence-electron chi connectivity index (χ4n) is 1.40. The number of aryl methyl sites for hydroxylation is 2. The van der Waals surface area contributed by atoms with E-state index in [-0.39, 0.29) is 5.92 Å². The monoisotopic (exact) mass is 182 g/mol. The third kappa shape index (κ3) is 2.10. The van der Waals surface area contributed by atoms with E-state index in [9.17, 15) is 5.11 Å². The standard InChI is InChI=1S/C10H18N2O/c1-5-12-9(6-8(4)11-12)10(13)7(2)3/h6-7,10,13H,5H2,1-4H3. The van der Waals surface area contributed by atoms with Crippen LogP contribution < -0.4 is 0 Å². The highest BCUT2D eigenvalue weighted by Gasteiger charge is 2.16. The van der Waals surface area contributed by atoms with E-state index in [2.05, 4.69) is 5.10 Å². The van der Waals surface area contributed by atoms with Crippen LogP contribution in [0.3, 0.4) is 0 Å². The van der Waals surface area contributed by atoms with Crippen LogP contribution in [-0.4, -0.2) is 14.9 Å². The van der Waals surface area contributed by atoms with Gasteiger partial charge in [0.05, 0.1) is 17.5 Å². The molecule has 1 N–H and O–H groups in total. The van der Waals surface area contributed by atoms with Gasteiger partial charge >= 0.3 is 0 Å². The summed E-state index contributed by atoms with van der Waals surface area (Å²) in [5, 5.41) is 14.2. The Morgan fingerprint density at radius 3 is 2.62 bits per heavy atom. The van der Waals surface area contributed by atoms with Crippen molar-refractivity contribution >= 4 is 0 Å². The van der Waals surface area contributed by atoms with Crippen molar-refractivity contribution < 1.29 is 5.11 Å². The molecule has 1 atom stereocenters. The highest BCUT2D eigenvalue weighted by atomic mass is 16.3. The largest absolute Gasteiger partial charge is 0.387 e. The number of aliphatic hydroxyl groups is 1. The first kappa shape index (κ1) is 10.3. The number of rotatable bonds is 3. The molecular formula is C10H18N2O. The first-order chi connectivity index (χ1) is 6.06. The molecule has 0 spiro atoms. The van der Waals surface area contributed by atoms with E-state index in [0.29, 0.717) is 0 Å². The minimum Gasteiger partial charge on any atom is -0.387 e. The highest BCUT2D eigenvalue weighted by molar-refractivity contribution is 5.12. The van der Waals surface area contributed by atoms with Gasteiger partial charge in [-0.05, 0) is 25.8 Å². The van der Waals surface area contributed by atoms with E-state index in [1.807, 2.05) is 38.4 Å². The van der Waals surface area contributed by atoms with E-state index in [0.717, 1.165) is 17.9 Å². The van der Waals surface area contributed by atoms with Crippen molar-refractivity contribution in [1.82, 2.24) is 9.78 Å². The zero-order valence-electron chi connectivity index (χ0n) is 8.78. The number of aromatic nitrogens is 2. The van der Waals surface area contributed by atoms with Crippen molar-refractivity contribution in [2.24, 2.45) is 5.92 Å². The number of hydrogen-bond donors (Lipinski definition) is 1. The van der Waals surface area contributed by atoms with Gasteiger partial charge in [0.25, 0.3) is 0 Å². The Labute approximate surface area is 79.4 Å². The maximum atomic E-state index is 9.86. The molecule has 1 rings (SSSR count). The topological polar surface area (TPSA) is 38.0 Å². The van der Waals surface area contributed by atoms with Crippen LogP contribution in [0.5, 0.6) is 0 Å². The maximum absolute atomic E-state index is 9.86. The zero-order chi connectivity index (χ0) is 10.0. The van der Waals surface area contributed by atoms with E-state index < -0.39 is 6.10 Å². The summed E-state index contributed by atoms with van der Waals surface area (Å²) in [5.41, 5.74) is 1.89. The van der Waals surface area contributed by atoms with Crippen molar-refractivity contribution in [3.8, 4) is 0 Å². The Morgan fingerprint density at radius 1 is 1.54 bits per heavy atom. The summed E-state index contributed by atoms with van der Waals surface area (Å²) < 4.78 is 1.86. The average Bonchev–Trinajstić information content (AvgIpc) is 2.45. The second-order valence-corrected chi connectivity index (χ2v) is 3.72. The molecule has 0 aliphatic carbocycles. The van der Waals surface area contributed by atoms with Gasteiger partial charge in [-0.25, -0.2) is 0 Å². The van der Waals surface area contributed by atoms with E-state index in [1.165, 1.54) is 0 Å². The second-order valence-electron chi connectivity index (χ2n) is 3.72. The molecular weight excluding hydrogens is 164 g/mol. The smallest absolute Gasteiger partial charge is 0.0979 e. The van der Waals surface area contributed by atoms with Gasteiger partial charge in [-0.3, -0.25) is 4.68 Å². The molecule has 0 bridgehead atoms. The molecule has 3 heteroatoms.